The molecule has 0 aliphatic heterocycles. The van der Waals surface area contributed by atoms with Gasteiger partial charge in [-0.05, 0) is 48.4 Å². The summed E-state index contributed by atoms with van der Waals surface area (Å²) in [6.45, 7) is 2.13. The van der Waals surface area contributed by atoms with E-state index in [4.69, 9.17) is 13.9 Å². The van der Waals surface area contributed by atoms with Crippen molar-refractivity contribution in [3.63, 3.8) is 0 Å². The molecule has 0 fully saturated rings. The fourth-order valence-electron chi connectivity index (χ4n) is 2.74. The Morgan fingerprint density at radius 3 is 2.80 bits per heavy atom. The van der Waals surface area contributed by atoms with Crippen LogP contribution >= 0.6 is 0 Å². The van der Waals surface area contributed by atoms with Crippen molar-refractivity contribution in [1.82, 2.24) is 0 Å². The number of hydrogen-bond donors (Lipinski definition) is 1. The molecule has 3 aromatic rings. The molecule has 0 radical (unpaired) electrons. The topological polar surface area (TPSA) is 110 Å². The first kappa shape index (κ1) is 21.6. The van der Waals surface area contributed by atoms with Crippen molar-refractivity contribution in [2.45, 2.75) is 13.5 Å². The molecular formula is C21H20NO7S-. The molecule has 2 aromatic carbocycles. The van der Waals surface area contributed by atoms with E-state index >= 15 is 0 Å². The summed E-state index contributed by atoms with van der Waals surface area (Å²) < 4.78 is 41.4. The van der Waals surface area contributed by atoms with Crippen LogP contribution in [0.2, 0.25) is 0 Å². The van der Waals surface area contributed by atoms with Gasteiger partial charge in [-0.15, -0.1) is 0 Å². The quantitative estimate of drug-likeness (QED) is 0.293. The predicted molar refractivity (Wildman–Crippen MR) is 109 cm³/mol. The molecule has 9 heteroatoms. The van der Waals surface area contributed by atoms with E-state index in [1.165, 1.54) is 6.26 Å². The number of furan rings is 1. The Morgan fingerprint density at radius 2 is 2.00 bits per heavy atom. The summed E-state index contributed by atoms with van der Waals surface area (Å²) in [5, 5.41) is 2.84. The molecule has 1 atom stereocenters. The Balaban J connectivity index is 1.66. The third kappa shape index (κ3) is 5.93. The maximum atomic E-state index is 12.0. The molecule has 1 N–H and O–H groups in total. The minimum atomic E-state index is -2.57. The van der Waals surface area contributed by atoms with Gasteiger partial charge in [-0.3, -0.25) is 4.18 Å². The average Bonchev–Trinajstić information content (AvgIpc) is 3.23. The zero-order valence-corrected chi connectivity index (χ0v) is 17.0. The fourth-order valence-corrected chi connectivity index (χ4v) is 2.90. The molecule has 0 spiro atoms. The van der Waals surface area contributed by atoms with Crippen molar-refractivity contribution in [2.24, 2.45) is 0 Å². The number of ether oxygens (including phenoxy) is 2. The van der Waals surface area contributed by atoms with E-state index in [0.717, 1.165) is 11.1 Å². The van der Waals surface area contributed by atoms with Crippen LogP contribution in [0.15, 0.2) is 65.3 Å². The van der Waals surface area contributed by atoms with Gasteiger partial charge in [-0.2, -0.15) is 0 Å². The lowest BCUT2D eigenvalue weighted by Crippen LogP contribution is -2.08. The van der Waals surface area contributed by atoms with Crippen molar-refractivity contribution in [1.29, 1.82) is 0 Å². The van der Waals surface area contributed by atoms with E-state index in [9.17, 15) is 13.6 Å². The van der Waals surface area contributed by atoms with Crippen LogP contribution in [0.1, 0.15) is 23.0 Å². The van der Waals surface area contributed by atoms with Gasteiger partial charge in [-0.25, -0.2) is 9.00 Å². The minimum Gasteiger partial charge on any atom is -0.750 e. The number of carbonyl (C=O) groups is 1. The van der Waals surface area contributed by atoms with Gasteiger partial charge >= 0.3 is 5.97 Å². The molecule has 3 rings (SSSR count). The summed E-state index contributed by atoms with van der Waals surface area (Å²) in [5.41, 5.74) is 2.97. The highest BCUT2D eigenvalue weighted by Crippen LogP contribution is 2.29. The van der Waals surface area contributed by atoms with E-state index in [0.29, 0.717) is 23.6 Å². The number of anilines is 1. The summed E-state index contributed by atoms with van der Waals surface area (Å²) in [4.78, 5) is 12.0. The predicted octanol–water partition coefficient (Wildman–Crippen LogP) is 3.88. The molecule has 0 amide bonds. The van der Waals surface area contributed by atoms with Gasteiger partial charge in [0.1, 0.15) is 19.1 Å². The number of hydrogen-bond acceptors (Lipinski definition) is 8. The zero-order valence-electron chi connectivity index (χ0n) is 16.2. The summed E-state index contributed by atoms with van der Waals surface area (Å²) in [5.74, 6) is 0.249. The van der Waals surface area contributed by atoms with Gasteiger partial charge in [0, 0.05) is 11.3 Å². The summed E-state index contributed by atoms with van der Waals surface area (Å²) in [6.07, 6.45) is 1.44. The van der Waals surface area contributed by atoms with Crippen molar-refractivity contribution in [3.05, 3.63) is 72.2 Å². The van der Waals surface area contributed by atoms with Gasteiger partial charge in [0.05, 0.1) is 24.2 Å². The molecule has 0 aliphatic carbocycles. The Hall–Kier alpha value is -3.14. The smallest absolute Gasteiger partial charge is 0.374 e. The molecule has 1 aromatic heterocycles. The average molecular weight is 430 g/mol. The second-order valence-corrected chi connectivity index (χ2v) is 6.69. The van der Waals surface area contributed by atoms with Crippen LogP contribution in [0.5, 0.6) is 5.75 Å². The lowest BCUT2D eigenvalue weighted by Gasteiger charge is -2.11. The highest BCUT2D eigenvalue weighted by molar-refractivity contribution is 7.74. The highest BCUT2D eigenvalue weighted by Gasteiger charge is 2.18. The SMILES string of the molecule is CCOC(=O)c1occc1-c1cccc(OCc2cccc(NCOS(=O)[O-])c2)c1. The van der Waals surface area contributed by atoms with E-state index in [-0.39, 0.29) is 19.1 Å². The summed E-state index contributed by atoms with van der Waals surface area (Å²) in [6, 6.07) is 16.3. The summed E-state index contributed by atoms with van der Waals surface area (Å²) in [7, 11) is 0. The van der Waals surface area contributed by atoms with Crippen LogP contribution in [0, 0.1) is 0 Å². The fraction of sp³-hybridized carbons (Fsp3) is 0.190. The first-order valence-electron chi connectivity index (χ1n) is 9.10. The molecule has 1 unspecified atom stereocenters. The lowest BCUT2D eigenvalue weighted by atomic mass is 10.1. The van der Waals surface area contributed by atoms with E-state index < -0.39 is 17.3 Å². The standard InChI is InChI=1S/C21H21NO7S/c1-2-26-21(23)20-19(9-10-27-20)16-6-4-8-18(12-16)28-13-15-5-3-7-17(11-15)22-14-29-30(24)25/h3-12,22H,2,13-14H2,1H3,(H,24,25)/p-1. The van der Waals surface area contributed by atoms with Crippen LogP contribution in [-0.4, -0.2) is 28.1 Å². The third-order valence-corrected chi connectivity index (χ3v) is 4.35. The first-order valence-corrected chi connectivity index (χ1v) is 10.1. The van der Waals surface area contributed by atoms with Crippen LogP contribution in [-0.2, 0) is 26.9 Å². The van der Waals surface area contributed by atoms with Gasteiger partial charge in [0.2, 0.25) is 5.76 Å². The number of esters is 1. The van der Waals surface area contributed by atoms with Gasteiger partial charge in [0.25, 0.3) is 0 Å². The van der Waals surface area contributed by atoms with E-state index in [2.05, 4.69) is 9.50 Å². The van der Waals surface area contributed by atoms with Crippen LogP contribution in [0.25, 0.3) is 11.1 Å². The Labute approximate surface area is 176 Å². The Morgan fingerprint density at radius 1 is 1.17 bits per heavy atom. The van der Waals surface area contributed by atoms with Gasteiger partial charge in [-0.1, -0.05) is 24.3 Å². The van der Waals surface area contributed by atoms with Crippen molar-refractivity contribution in [3.8, 4) is 16.9 Å². The van der Waals surface area contributed by atoms with E-state index in [1.54, 1.807) is 19.1 Å². The second-order valence-electron chi connectivity index (χ2n) is 6.04. The maximum Gasteiger partial charge on any atom is 0.374 e. The largest absolute Gasteiger partial charge is 0.750 e. The Kier molecular flexibility index (Phi) is 7.61. The molecule has 0 bridgehead atoms. The Bertz CT molecular complexity index is 1020. The van der Waals surface area contributed by atoms with Gasteiger partial charge < -0.3 is 23.8 Å². The maximum absolute atomic E-state index is 12.0. The molecular weight excluding hydrogens is 410 g/mol. The molecule has 8 nitrogen and oxygen atoms in total. The molecule has 30 heavy (non-hydrogen) atoms. The van der Waals surface area contributed by atoms with Crippen LogP contribution in [0.4, 0.5) is 5.69 Å². The third-order valence-electron chi connectivity index (χ3n) is 4.04. The van der Waals surface area contributed by atoms with Crippen molar-refractivity contribution < 1.29 is 31.6 Å². The zero-order chi connectivity index (χ0) is 21.3. The van der Waals surface area contributed by atoms with Crippen LogP contribution in [0.3, 0.4) is 0 Å². The lowest BCUT2D eigenvalue weighted by molar-refractivity contribution is 0.0491. The van der Waals surface area contributed by atoms with Crippen molar-refractivity contribution in [2.75, 3.05) is 18.7 Å². The minimum absolute atomic E-state index is 0.147. The molecule has 0 aliphatic rings. The van der Waals surface area contributed by atoms with Gasteiger partial charge in [0.15, 0.2) is 0 Å². The number of carbonyl (C=O) groups excluding carboxylic acids is 1. The monoisotopic (exact) mass is 430 g/mol. The van der Waals surface area contributed by atoms with E-state index in [1.807, 2.05) is 42.5 Å². The van der Waals surface area contributed by atoms with Crippen LogP contribution < -0.4 is 10.1 Å². The number of nitrogens with one attached hydrogen (secondary N) is 1. The molecule has 158 valence electrons. The molecule has 1 heterocycles. The molecule has 0 saturated carbocycles. The molecule has 0 saturated heterocycles. The second kappa shape index (κ2) is 10.6. The highest BCUT2D eigenvalue weighted by atomic mass is 32.2. The first-order chi connectivity index (χ1) is 14.6. The van der Waals surface area contributed by atoms with Crippen molar-refractivity contribution >= 4 is 23.0 Å². The normalized spacial score (nSPS) is 11.7. The number of benzene rings is 2. The number of rotatable bonds is 10. The summed E-state index contributed by atoms with van der Waals surface area (Å²) >= 11 is -2.57.